The molecule has 2 aliphatic rings. The van der Waals surface area contributed by atoms with Crippen molar-refractivity contribution >= 4 is 5.91 Å². The fraction of sp³-hybridized carbons (Fsp3) is 0.591. The molecule has 0 aliphatic carbocycles. The zero-order valence-electron chi connectivity index (χ0n) is 16.4. The van der Waals surface area contributed by atoms with Crippen molar-refractivity contribution in [3.63, 3.8) is 0 Å². The average Bonchev–Trinajstić information content (AvgIpc) is 2.94. The Bertz CT molecular complexity index is 797. The van der Waals surface area contributed by atoms with E-state index in [4.69, 9.17) is 0 Å². The minimum atomic E-state index is 0.275. The minimum absolute atomic E-state index is 0.275. The minimum Gasteiger partial charge on any atom is -0.342 e. The van der Waals surface area contributed by atoms with Crippen molar-refractivity contribution < 1.29 is 4.79 Å². The quantitative estimate of drug-likeness (QED) is 0.830. The van der Waals surface area contributed by atoms with E-state index in [2.05, 4.69) is 50.9 Å². The predicted molar refractivity (Wildman–Crippen MR) is 106 cm³/mol. The molecular formula is C22H30N4O. The predicted octanol–water partition coefficient (Wildman–Crippen LogP) is 3.65. The fourth-order valence-electron chi connectivity index (χ4n) is 4.50. The summed E-state index contributed by atoms with van der Waals surface area (Å²) < 4.78 is 2.35. The Morgan fingerprint density at radius 3 is 2.96 bits per heavy atom. The van der Waals surface area contributed by atoms with Gasteiger partial charge in [-0.1, -0.05) is 36.2 Å². The Morgan fingerprint density at radius 2 is 2.07 bits per heavy atom. The number of benzene rings is 1. The van der Waals surface area contributed by atoms with Crippen LogP contribution >= 0.6 is 0 Å². The van der Waals surface area contributed by atoms with E-state index >= 15 is 0 Å². The molecule has 1 aromatic carbocycles. The number of aryl methyl sites for hydroxylation is 3. The van der Waals surface area contributed by atoms with Gasteiger partial charge in [0, 0.05) is 38.4 Å². The Balaban J connectivity index is 1.39. The molecule has 2 aromatic rings. The van der Waals surface area contributed by atoms with Crippen LogP contribution in [0, 0.1) is 6.92 Å². The van der Waals surface area contributed by atoms with Crippen molar-refractivity contribution in [2.45, 2.75) is 70.8 Å². The van der Waals surface area contributed by atoms with Gasteiger partial charge < -0.3 is 9.47 Å². The standard InChI is InChI=1S/C22H30N4O/c1-17-7-5-8-18(15-17)11-12-21(27)25-13-6-9-19(16-25)22-24-23-20-10-3-2-4-14-26(20)22/h5,7-8,15,19H,2-4,6,9-14,16H2,1H3. The van der Waals surface area contributed by atoms with Crippen LogP contribution in [0.15, 0.2) is 24.3 Å². The van der Waals surface area contributed by atoms with Crippen LogP contribution in [0.1, 0.15) is 67.2 Å². The summed E-state index contributed by atoms with van der Waals surface area (Å²) >= 11 is 0. The molecule has 0 N–H and O–H groups in total. The Labute approximate surface area is 161 Å². The van der Waals surface area contributed by atoms with Crippen molar-refractivity contribution in [3.05, 3.63) is 47.0 Å². The second kappa shape index (κ2) is 8.24. The van der Waals surface area contributed by atoms with Crippen molar-refractivity contribution in [2.24, 2.45) is 0 Å². The van der Waals surface area contributed by atoms with Gasteiger partial charge in [-0.05, 0) is 44.6 Å². The van der Waals surface area contributed by atoms with Gasteiger partial charge in [0.2, 0.25) is 5.91 Å². The first-order valence-electron chi connectivity index (χ1n) is 10.5. The molecule has 1 amide bonds. The molecule has 4 rings (SSSR count). The zero-order chi connectivity index (χ0) is 18.6. The monoisotopic (exact) mass is 366 g/mol. The number of aromatic nitrogens is 3. The molecule has 0 saturated carbocycles. The maximum absolute atomic E-state index is 12.8. The van der Waals surface area contributed by atoms with Gasteiger partial charge in [0.1, 0.15) is 11.6 Å². The van der Waals surface area contributed by atoms with Gasteiger partial charge in [-0.3, -0.25) is 4.79 Å². The van der Waals surface area contributed by atoms with E-state index in [1.807, 2.05) is 0 Å². The molecule has 1 aromatic heterocycles. The van der Waals surface area contributed by atoms with Gasteiger partial charge >= 0.3 is 0 Å². The van der Waals surface area contributed by atoms with E-state index < -0.39 is 0 Å². The third-order valence-electron chi connectivity index (χ3n) is 5.99. The van der Waals surface area contributed by atoms with Crippen LogP contribution in [0.25, 0.3) is 0 Å². The fourth-order valence-corrected chi connectivity index (χ4v) is 4.50. The molecule has 5 nitrogen and oxygen atoms in total. The van der Waals surface area contributed by atoms with Gasteiger partial charge in [-0.2, -0.15) is 0 Å². The average molecular weight is 367 g/mol. The van der Waals surface area contributed by atoms with Crippen molar-refractivity contribution in [1.82, 2.24) is 19.7 Å². The van der Waals surface area contributed by atoms with Gasteiger partial charge in [-0.15, -0.1) is 10.2 Å². The summed E-state index contributed by atoms with van der Waals surface area (Å²) in [5, 5.41) is 8.99. The third-order valence-corrected chi connectivity index (χ3v) is 5.99. The highest BCUT2D eigenvalue weighted by Crippen LogP contribution is 2.28. The van der Waals surface area contributed by atoms with Crippen LogP contribution < -0.4 is 0 Å². The van der Waals surface area contributed by atoms with Gasteiger partial charge in [0.05, 0.1) is 0 Å². The van der Waals surface area contributed by atoms with E-state index in [0.717, 1.165) is 57.0 Å². The normalized spacial score (nSPS) is 20.2. The van der Waals surface area contributed by atoms with Crippen molar-refractivity contribution in [1.29, 1.82) is 0 Å². The molecule has 1 atom stereocenters. The van der Waals surface area contributed by atoms with E-state index in [0.29, 0.717) is 12.3 Å². The summed E-state index contributed by atoms with van der Waals surface area (Å²) in [5.74, 6) is 2.87. The zero-order valence-corrected chi connectivity index (χ0v) is 16.4. The molecule has 0 spiro atoms. The lowest BCUT2D eigenvalue weighted by atomic mass is 9.96. The van der Waals surface area contributed by atoms with E-state index in [9.17, 15) is 4.79 Å². The van der Waals surface area contributed by atoms with E-state index in [1.54, 1.807) is 0 Å². The van der Waals surface area contributed by atoms with Crippen LogP contribution in [0.4, 0.5) is 0 Å². The van der Waals surface area contributed by atoms with Gasteiger partial charge in [0.25, 0.3) is 0 Å². The Hall–Kier alpha value is -2.17. The van der Waals surface area contributed by atoms with Gasteiger partial charge in [0.15, 0.2) is 0 Å². The van der Waals surface area contributed by atoms with Crippen LogP contribution in [-0.4, -0.2) is 38.7 Å². The number of fused-ring (bicyclic) bond motifs is 1. The van der Waals surface area contributed by atoms with Crippen molar-refractivity contribution in [2.75, 3.05) is 13.1 Å². The molecule has 144 valence electrons. The second-order valence-electron chi connectivity index (χ2n) is 8.10. The summed E-state index contributed by atoms with van der Waals surface area (Å²) in [6.07, 6.45) is 8.32. The molecule has 0 bridgehead atoms. The molecule has 2 aliphatic heterocycles. The summed E-state index contributed by atoms with van der Waals surface area (Å²) in [6.45, 7) is 4.81. The van der Waals surface area contributed by atoms with Crippen molar-refractivity contribution in [3.8, 4) is 0 Å². The Morgan fingerprint density at radius 1 is 1.15 bits per heavy atom. The maximum atomic E-state index is 12.8. The van der Waals surface area contributed by atoms with Gasteiger partial charge in [-0.25, -0.2) is 0 Å². The number of nitrogens with zero attached hydrogens (tertiary/aromatic N) is 4. The summed E-state index contributed by atoms with van der Waals surface area (Å²) in [4.78, 5) is 14.9. The van der Waals surface area contributed by atoms with Crippen LogP contribution in [0.5, 0.6) is 0 Å². The summed E-state index contributed by atoms with van der Waals surface area (Å²) in [6, 6.07) is 8.47. The molecule has 0 radical (unpaired) electrons. The summed E-state index contributed by atoms with van der Waals surface area (Å²) in [7, 11) is 0. The first kappa shape index (κ1) is 18.2. The molecule has 1 unspecified atom stereocenters. The lowest BCUT2D eigenvalue weighted by Gasteiger charge is -2.32. The third kappa shape index (κ3) is 4.23. The molecular weight excluding hydrogens is 336 g/mol. The highest BCUT2D eigenvalue weighted by molar-refractivity contribution is 5.76. The number of carbonyl (C=O) groups is 1. The number of amides is 1. The number of hydrogen-bond acceptors (Lipinski definition) is 3. The first-order chi connectivity index (χ1) is 13.2. The number of carbonyl (C=O) groups excluding carboxylic acids is 1. The van der Waals surface area contributed by atoms with Crippen LogP contribution in [0.2, 0.25) is 0 Å². The lowest BCUT2D eigenvalue weighted by molar-refractivity contribution is -0.132. The second-order valence-corrected chi connectivity index (χ2v) is 8.10. The van der Waals surface area contributed by atoms with Crippen LogP contribution in [-0.2, 0) is 24.2 Å². The number of hydrogen-bond donors (Lipinski definition) is 0. The molecule has 1 fully saturated rings. The summed E-state index contributed by atoms with van der Waals surface area (Å²) in [5.41, 5.74) is 2.50. The van der Waals surface area contributed by atoms with Crippen LogP contribution in [0.3, 0.4) is 0 Å². The molecule has 3 heterocycles. The SMILES string of the molecule is Cc1cccc(CCC(=O)N2CCCC(c3nnc4n3CCCCC4)C2)c1. The highest BCUT2D eigenvalue weighted by Gasteiger charge is 2.29. The molecule has 1 saturated heterocycles. The largest absolute Gasteiger partial charge is 0.342 e. The Kier molecular flexibility index (Phi) is 5.55. The smallest absolute Gasteiger partial charge is 0.222 e. The van der Waals surface area contributed by atoms with E-state index in [1.165, 1.54) is 30.4 Å². The topological polar surface area (TPSA) is 51.0 Å². The number of piperidine rings is 1. The first-order valence-corrected chi connectivity index (χ1v) is 10.5. The molecule has 5 heteroatoms. The highest BCUT2D eigenvalue weighted by atomic mass is 16.2. The molecule has 27 heavy (non-hydrogen) atoms. The number of rotatable bonds is 4. The lowest BCUT2D eigenvalue weighted by Crippen LogP contribution is -2.40. The number of likely N-dealkylation sites (tertiary alicyclic amines) is 1. The van der Waals surface area contributed by atoms with E-state index in [-0.39, 0.29) is 5.91 Å². The maximum Gasteiger partial charge on any atom is 0.222 e.